The van der Waals surface area contributed by atoms with Gasteiger partial charge in [0.2, 0.25) is 10.0 Å². The zero-order valence-electron chi connectivity index (χ0n) is 15.2. The maximum atomic E-state index is 12.2. The lowest BCUT2D eigenvalue weighted by molar-refractivity contribution is 0.0744. The standard InChI is InChI=1S/C17H23N3O6S/c1-13(14-6-3-4-7-15(14)25-2)19-27(23,24)11-5-10-26-12-20-9-8-16(21)18-17(20)22/h3-4,6-9,13,19H,5,10-12H2,1-2H3,(H,18,21,22). The summed E-state index contributed by atoms with van der Waals surface area (Å²) in [5.74, 6) is 0.495. The van der Waals surface area contributed by atoms with Crippen LogP contribution >= 0.6 is 0 Å². The molecule has 1 aromatic carbocycles. The SMILES string of the molecule is COc1ccccc1C(C)NS(=O)(=O)CCCOCn1ccc(=O)[nH]c1=O. The second-order valence-electron chi connectivity index (χ2n) is 5.87. The van der Waals surface area contributed by atoms with Crippen LogP contribution in [0.1, 0.15) is 24.9 Å². The summed E-state index contributed by atoms with van der Waals surface area (Å²) in [4.78, 5) is 24.6. The van der Waals surface area contributed by atoms with Crippen molar-refractivity contribution in [3.8, 4) is 5.75 Å². The summed E-state index contributed by atoms with van der Waals surface area (Å²) < 4.78 is 38.8. The second-order valence-corrected chi connectivity index (χ2v) is 7.74. The summed E-state index contributed by atoms with van der Waals surface area (Å²) in [6.45, 7) is 1.82. The summed E-state index contributed by atoms with van der Waals surface area (Å²) in [6, 6.07) is 7.97. The van der Waals surface area contributed by atoms with E-state index >= 15 is 0 Å². The monoisotopic (exact) mass is 397 g/mol. The molecule has 0 fully saturated rings. The first-order valence-corrected chi connectivity index (χ1v) is 9.98. The normalized spacial score (nSPS) is 12.7. The summed E-state index contributed by atoms with van der Waals surface area (Å²) in [7, 11) is -1.98. The lowest BCUT2D eigenvalue weighted by atomic mass is 10.1. The molecule has 0 radical (unpaired) electrons. The maximum Gasteiger partial charge on any atom is 0.330 e. The Bertz CT molecular complexity index is 967. The molecular formula is C17H23N3O6S. The first kappa shape index (κ1) is 20.9. The topological polar surface area (TPSA) is 119 Å². The molecule has 10 heteroatoms. The van der Waals surface area contributed by atoms with Crippen LogP contribution in [0.3, 0.4) is 0 Å². The molecule has 1 unspecified atom stereocenters. The molecule has 0 aliphatic carbocycles. The van der Waals surface area contributed by atoms with Gasteiger partial charge in [-0.1, -0.05) is 18.2 Å². The van der Waals surface area contributed by atoms with E-state index < -0.39 is 27.3 Å². The van der Waals surface area contributed by atoms with E-state index in [1.807, 2.05) is 12.1 Å². The highest BCUT2D eigenvalue weighted by Crippen LogP contribution is 2.24. The van der Waals surface area contributed by atoms with Gasteiger partial charge in [0, 0.05) is 30.5 Å². The first-order valence-electron chi connectivity index (χ1n) is 8.33. The predicted octanol–water partition coefficient (Wildman–Crippen LogP) is 0.590. The lowest BCUT2D eigenvalue weighted by Crippen LogP contribution is -2.30. The molecule has 0 bridgehead atoms. The highest BCUT2D eigenvalue weighted by atomic mass is 32.2. The van der Waals surface area contributed by atoms with Gasteiger partial charge < -0.3 is 9.47 Å². The molecule has 1 heterocycles. The summed E-state index contributed by atoms with van der Waals surface area (Å²) in [5.41, 5.74) is -0.322. The Morgan fingerprint density at radius 3 is 2.67 bits per heavy atom. The third kappa shape index (κ3) is 6.35. The molecule has 148 valence electrons. The van der Waals surface area contributed by atoms with Gasteiger partial charge in [0.25, 0.3) is 5.56 Å². The number of rotatable bonds is 10. The number of H-pyrrole nitrogens is 1. The number of hydrogen-bond acceptors (Lipinski definition) is 6. The predicted molar refractivity (Wildman–Crippen MR) is 100 cm³/mol. The molecule has 2 rings (SSSR count). The minimum absolute atomic E-state index is 0.0687. The number of benzene rings is 1. The van der Waals surface area contributed by atoms with Crippen molar-refractivity contribution in [1.82, 2.24) is 14.3 Å². The number of para-hydroxylation sites is 1. The molecule has 0 saturated carbocycles. The van der Waals surface area contributed by atoms with Gasteiger partial charge in [-0.25, -0.2) is 17.9 Å². The summed E-state index contributed by atoms with van der Waals surface area (Å²) in [5, 5.41) is 0. The van der Waals surface area contributed by atoms with E-state index in [9.17, 15) is 18.0 Å². The van der Waals surface area contributed by atoms with Crippen molar-refractivity contribution in [2.24, 2.45) is 0 Å². The van der Waals surface area contributed by atoms with E-state index in [4.69, 9.17) is 9.47 Å². The number of nitrogens with one attached hydrogen (secondary N) is 2. The van der Waals surface area contributed by atoms with Crippen LogP contribution in [0.2, 0.25) is 0 Å². The molecule has 1 aromatic heterocycles. The highest BCUT2D eigenvalue weighted by Gasteiger charge is 2.18. The minimum Gasteiger partial charge on any atom is -0.496 e. The summed E-state index contributed by atoms with van der Waals surface area (Å²) in [6.07, 6.45) is 1.57. The fourth-order valence-electron chi connectivity index (χ4n) is 2.48. The van der Waals surface area contributed by atoms with E-state index in [2.05, 4.69) is 9.71 Å². The van der Waals surface area contributed by atoms with E-state index in [-0.39, 0.29) is 25.5 Å². The van der Waals surface area contributed by atoms with Crippen molar-refractivity contribution in [2.45, 2.75) is 26.1 Å². The van der Waals surface area contributed by atoms with Crippen LogP contribution in [0, 0.1) is 0 Å². The third-order valence-corrected chi connectivity index (χ3v) is 5.33. The number of aromatic amines is 1. The molecule has 1 atom stereocenters. The van der Waals surface area contributed by atoms with Crippen molar-refractivity contribution in [3.05, 3.63) is 62.9 Å². The van der Waals surface area contributed by atoms with Crippen molar-refractivity contribution >= 4 is 10.0 Å². The molecule has 0 aliphatic heterocycles. The van der Waals surface area contributed by atoms with Crippen LogP contribution in [0.4, 0.5) is 0 Å². The van der Waals surface area contributed by atoms with Crippen molar-refractivity contribution in [1.29, 1.82) is 0 Å². The number of hydrogen-bond donors (Lipinski definition) is 2. The number of aromatic nitrogens is 2. The number of ether oxygens (including phenoxy) is 2. The maximum absolute atomic E-state index is 12.2. The fourth-order valence-corrected chi connectivity index (χ4v) is 3.76. The quantitative estimate of drug-likeness (QED) is 0.566. The highest BCUT2D eigenvalue weighted by molar-refractivity contribution is 7.89. The van der Waals surface area contributed by atoms with Crippen LogP contribution in [-0.2, 0) is 21.5 Å². The average molecular weight is 397 g/mol. The second kappa shape index (κ2) is 9.49. The Morgan fingerprint density at radius 2 is 1.96 bits per heavy atom. The minimum atomic E-state index is -3.51. The molecule has 0 aliphatic rings. The van der Waals surface area contributed by atoms with Crippen LogP contribution in [0.5, 0.6) is 5.75 Å². The lowest BCUT2D eigenvalue weighted by Gasteiger charge is -2.17. The van der Waals surface area contributed by atoms with Gasteiger partial charge in [0.05, 0.1) is 12.9 Å². The smallest absolute Gasteiger partial charge is 0.330 e. The summed E-state index contributed by atoms with van der Waals surface area (Å²) >= 11 is 0. The molecule has 2 N–H and O–H groups in total. The fraction of sp³-hybridized carbons (Fsp3) is 0.412. The molecule has 2 aromatic rings. The molecule has 0 spiro atoms. The van der Waals surface area contributed by atoms with Gasteiger partial charge in [-0.2, -0.15) is 0 Å². The average Bonchev–Trinajstić information content (AvgIpc) is 2.62. The van der Waals surface area contributed by atoms with Gasteiger partial charge >= 0.3 is 5.69 Å². The van der Waals surface area contributed by atoms with E-state index in [1.165, 1.54) is 23.9 Å². The number of methoxy groups -OCH3 is 1. The van der Waals surface area contributed by atoms with Crippen LogP contribution in [0.15, 0.2) is 46.1 Å². The Morgan fingerprint density at radius 1 is 1.22 bits per heavy atom. The number of sulfonamides is 1. The van der Waals surface area contributed by atoms with Gasteiger partial charge in [0.15, 0.2) is 0 Å². The van der Waals surface area contributed by atoms with Crippen LogP contribution in [-0.4, -0.2) is 37.4 Å². The molecular weight excluding hydrogens is 374 g/mol. The van der Waals surface area contributed by atoms with Gasteiger partial charge in [0.1, 0.15) is 12.5 Å². The third-order valence-electron chi connectivity index (χ3n) is 3.79. The zero-order valence-corrected chi connectivity index (χ0v) is 16.0. The molecule has 9 nitrogen and oxygen atoms in total. The van der Waals surface area contributed by atoms with Gasteiger partial charge in [-0.05, 0) is 19.4 Å². The van der Waals surface area contributed by atoms with E-state index in [0.717, 1.165) is 5.56 Å². The van der Waals surface area contributed by atoms with Crippen LogP contribution < -0.4 is 20.7 Å². The Kier molecular flexibility index (Phi) is 7.34. The largest absolute Gasteiger partial charge is 0.496 e. The number of nitrogens with zero attached hydrogens (tertiary/aromatic N) is 1. The van der Waals surface area contributed by atoms with E-state index in [0.29, 0.717) is 5.75 Å². The molecule has 0 amide bonds. The Balaban J connectivity index is 1.80. The van der Waals surface area contributed by atoms with Gasteiger partial charge in [-0.3, -0.25) is 14.3 Å². The van der Waals surface area contributed by atoms with Gasteiger partial charge in [-0.15, -0.1) is 0 Å². The van der Waals surface area contributed by atoms with Crippen molar-refractivity contribution < 1.29 is 17.9 Å². The van der Waals surface area contributed by atoms with Crippen molar-refractivity contribution in [2.75, 3.05) is 19.5 Å². The molecule has 0 saturated heterocycles. The Hall–Kier alpha value is -2.43. The zero-order chi connectivity index (χ0) is 19.9. The van der Waals surface area contributed by atoms with Crippen LogP contribution in [0.25, 0.3) is 0 Å². The molecule has 27 heavy (non-hydrogen) atoms. The first-order chi connectivity index (χ1) is 12.8. The Labute approximate surface area is 157 Å². The van der Waals surface area contributed by atoms with Crippen molar-refractivity contribution in [3.63, 3.8) is 0 Å². The van der Waals surface area contributed by atoms with E-state index in [1.54, 1.807) is 19.1 Å².